The number of epoxide rings is 1. The van der Waals surface area contributed by atoms with E-state index in [9.17, 15) is 0 Å². The summed E-state index contributed by atoms with van der Waals surface area (Å²) in [5.74, 6) is 2.40. The molecule has 0 bridgehead atoms. The maximum atomic E-state index is 6.15. The van der Waals surface area contributed by atoms with Gasteiger partial charge in [0, 0.05) is 12.0 Å². The summed E-state index contributed by atoms with van der Waals surface area (Å²) in [4.78, 5) is 0. The maximum absolute atomic E-state index is 6.15. The van der Waals surface area contributed by atoms with Gasteiger partial charge in [0.25, 0.3) is 0 Å². The van der Waals surface area contributed by atoms with Crippen LogP contribution in [0.15, 0.2) is 109 Å². The molecule has 0 N–H and O–H groups in total. The van der Waals surface area contributed by atoms with E-state index in [-0.39, 0.29) is 24.4 Å². The summed E-state index contributed by atoms with van der Waals surface area (Å²) in [6.45, 7) is 7.03. The zero-order chi connectivity index (χ0) is 28.3. The van der Waals surface area contributed by atoms with Crippen molar-refractivity contribution in [2.75, 3.05) is 39.8 Å². The Morgan fingerprint density at radius 3 is 1.71 bits per heavy atom. The molecular weight excluding hydrogens is 516 g/mol. The third-order valence-electron chi connectivity index (χ3n) is 7.26. The third kappa shape index (κ3) is 7.88. The molecule has 6 nitrogen and oxygen atoms in total. The predicted molar refractivity (Wildman–Crippen MR) is 159 cm³/mol. The van der Waals surface area contributed by atoms with Crippen molar-refractivity contribution in [1.29, 1.82) is 0 Å². The molecule has 1 heterocycles. The van der Waals surface area contributed by atoms with E-state index < -0.39 is 0 Å². The molecule has 0 amide bonds. The van der Waals surface area contributed by atoms with E-state index >= 15 is 0 Å². The molecule has 1 aliphatic heterocycles. The fourth-order valence-electron chi connectivity index (χ4n) is 4.66. The normalized spacial score (nSPS) is 16.4. The molecule has 41 heavy (non-hydrogen) atoms. The molecule has 0 radical (unpaired) electrons. The first-order chi connectivity index (χ1) is 20.1. The lowest BCUT2D eigenvalue weighted by Gasteiger charge is -2.32. The van der Waals surface area contributed by atoms with E-state index in [0.717, 1.165) is 29.4 Å². The highest BCUT2D eigenvalue weighted by atomic mass is 16.7. The molecule has 214 valence electrons. The van der Waals surface area contributed by atoms with Crippen LogP contribution in [0.2, 0.25) is 0 Å². The molecule has 0 aromatic heterocycles. The van der Waals surface area contributed by atoms with Crippen LogP contribution in [-0.4, -0.2) is 52.0 Å². The van der Waals surface area contributed by atoms with Gasteiger partial charge in [0.05, 0.1) is 6.61 Å². The van der Waals surface area contributed by atoms with Crippen molar-refractivity contribution < 1.29 is 28.4 Å². The minimum absolute atomic E-state index is 0.190. The van der Waals surface area contributed by atoms with Crippen LogP contribution in [0.25, 0.3) is 0 Å². The van der Waals surface area contributed by atoms with E-state index in [1.54, 1.807) is 0 Å². The summed E-state index contributed by atoms with van der Waals surface area (Å²) in [6.07, 6.45) is -0.0591. The second kappa shape index (κ2) is 14.2. The van der Waals surface area contributed by atoms with Gasteiger partial charge in [-0.15, -0.1) is 0 Å². The molecule has 3 atom stereocenters. The van der Waals surface area contributed by atoms with Crippen LogP contribution in [0.1, 0.15) is 30.5 Å². The Kier molecular flexibility index (Phi) is 9.91. The Labute approximate surface area is 242 Å². The molecule has 5 rings (SSSR count). The Bertz CT molecular complexity index is 1310. The quantitative estimate of drug-likeness (QED) is 0.0669. The van der Waals surface area contributed by atoms with Crippen LogP contribution in [0.4, 0.5) is 0 Å². The molecule has 1 aliphatic rings. The molecule has 1 saturated heterocycles. The second-order valence-corrected chi connectivity index (χ2v) is 10.1. The molecule has 4 aromatic carbocycles. The summed E-state index contributed by atoms with van der Waals surface area (Å²) in [5.41, 5.74) is 3.17. The molecule has 0 aliphatic carbocycles. The van der Waals surface area contributed by atoms with Crippen molar-refractivity contribution in [3.63, 3.8) is 0 Å². The zero-order valence-corrected chi connectivity index (χ0v) is 23.7. The Hall–Kier alpha value is -3.84. The van der Waals surface area contributed by atoms with E-state index in [1.807, 2.05) is 67.6 Å². The van der Waals surface area contributed by atoms with Crippen LogP contribution in [0.5, 0.6) is 17.2 Å². The first-order valence-electron chi connectivity index (χ1n) is 14.2. The van der Waals surface area contributed by atoms with Crippen LogP contribution in [-0.2, 0) is 19.6 Å². The number of ether oxygens (including phenoxy) is 6. The topological polar surface area (TPSA) is 58.7 Å². The van der Waals surface area contributed by atoms with Crippen LogP contribution < -0.4 is 14.2 Å². The lowest BCUT2D eigenvalue weighted by atomic mass is 9.71. The molecule has 3 unspecified atom stereocenters. The van der Waals surface area contributed by atoms with Gasteiger partial charge < -0.3 is 28.4 Å². The highest BCUT2D eigenvalue weighted by Crippen LogP contribution is 2.40. The first-order valence-corrected chi connectivity index (χ1v) is 14.2. The summed E-state index contributed by atoms with van der Waals surface area (Å²) < 4.78 is 34.5. The van der Waals surface area contributed by atoms with Crippen LogP contribution in [0.3, 0.4) is 0 Å². The third-order valence-corrected chi connectivity index (χ3v) is 7.26. The molecule has 0 saturated carbocycles. The molecule has 0 spiro atoms. The number of hydrogen-bond acceptors (Lipinski definition) is 6. The lowest BCUT2D eigenvalue weighted by molar-refractivity contribution is -0.107. The van der Waals surface area contributed by atoms with Gasteiger partial charge in [-0.25, -0.2) is 0 Å². The summed E-state index contributed by atoms with van der Waals surface area (Å²) in [7, 11) is 0. The van der Waals surface area contributed by atoms with E-state index in [1.165, 1.54) is 11.1 Å². The van der Waals surface area contributed by atoms with Gasteiger partial charge >= 0.3 is 0 Å². The highest BCUT2D eigenvalue weighted by molar-refractivity contribution is 5.51. The fraction of sp³-hybridized carbons (Fsp3) is 0.314. The van der Waals surface area contributed by atoms with Gasteiger partial charge in [-0.1, -0.05) is 72.8 Å². The summed E-state index contributed by atoms with van der Waals surface area (Å²) in [6, 6.07) is 36.9. The largest absolute Gasteiger partial charge is 0.491 e. The number of benzene rings is 4. The summed E-state index contributed by atoms with van der Waals surface area (Å²) in [5, 5.41) is 0. The number of para-hydroxylation sites is 1. The van der Waals surface area contributed by atoms with Gasteiger partial charge in [-0.3, -0.25) is 0 Å². The standard InChI is InChI=1S/C35H38O6/c1-3-36-26-41-34(24-37-30-12-8-5-9-13-30)25-39-32-20-16-29(17-21-32)35(2,27-10-6-4-7-11-27)28-14-18-31(19-15-28)38-22-33-23-40-33/h4-21,33-34H,3,22-26H2,1-2H3. The Balaban J connectivity index is 1.28. The monoisotopic (exact) mass is 554 g/mol. The van der Waals surface area contributed by atoms with Crippen LogP contribution in [0, 0.1) is 0 Å². The highest BCUT2D eigenvalue weighted by Gasteiger charge is 2.31. The number of rotatable bonds is 16. The van der Waals surface area contributed by atoms with E-state index in [0.29, 0.717) is 26.4 Å². The average Bonchev–Trinajstić information content (AvgIpc) is 3.87. The summed E-state index contributed by atoms with van der Waals surface area (Å²) >= 11 is 0. The minimum atomic E-state index is -0.370. The smallest absolute Gasteiger partial charge is 0.147 e. The van der Waals surface area contributed by atoms with E-state index in [4.69, 9.17) is 28.4 Å². The molecule has 1 fully saturated rings. The van der Waals surface area contributed by atoms with Gasteiger partial charge in [0.2, 0.25) is 0 Å². The lowest BCUT2D eigenvalue weighted by Crippen LogP contribution is -2.29. The molecular formula is C35H38O6. The van der Waals surface area contributed by atoms with Gasteiger partial charge in [0.1, 0.15) is 56.1 Å². The van der Waals surface area contributed by atoms with Crippen molar-refractivity contribution in [2.24, 2.45) is 0 Å². The van der Waals surface area contributed by atoms with Crippen molar-refractivity contribution in [3.8, 4) is 17.2 Å². The van der Waals surface area contributed by atoms with Gasteiger partial charge in [0.15, 0.2) is 0 Å². The Morgan fingerprint density at radius 1 is 0.683 bits per heavy atom. The van der Waals surface area contributed by atoms with Crippen LogP contribution >= 0.6 is 0 Å². The van der Waals surface area contributed by atoms with Crippen molar-refractivity contribution in [2.45, 2.75) is 31.5 Å². The van der Waals surface area contributed by atoms with Gasteiger partial charge in [-0.05, 0) is 66.9 Å². The van der Waals surface area contributed by atoms with Crippen molar-refractivity contribution in [1.82, 2.24) is 0 Å². The van der Waals surface area contributed by atoms with Crippen molar-refractivity contribution >= 4 is 0 Å². The first kappa shape index (κ1) is 28.7. The predicted octanol–water partition coefficient (Wildman–Crippen LogP) is 6.66. The molecule has 6 heteroatoms. The zero-order valence-electron chi connectivity index (χ0n) is 23.7. The maximum Gasteiger partial charge on any atom is 0.147 e. The number of hydrogen-bond donors (Lipinski definition) is 0. The Morgan fingerprint density at radius 2 is 1.17 bits per heavy atom. The average molecular weight is 555 g/mol. The SMILES string of the molecule is CCOCOC(COc1ccccc1)COc1ccc(C(C)(c2ccccc2)c2ccc(OCC3CO3)cc2)cc1. The minimum Gasteiger partial charge on any atom is -0.491 e. The fourth-order valence-corrected chi connectivity index (χ4v) is 4.66. The van der Waals surface area contributed by atoms with Crippen molar-refractivity contribution in [3.05, 3.63) is 126 Å². The second-order valence-electron chi connectivity index (χ2n) is 10.1. The molecule has 4 aromatic rings. The van der Waals surface area contributed by atoms with E-state index in [2.05, 4.69) is 55.5 Å². The van der Waals surface area contributed by atoms with Gasteiger partial charge in [-0.2, -0.15) is 0 Å².